The minimum atomic E-state index is -0.146. The van der Waals surface area contributed by atoms with E-state index in [2.05, 4.69) is 32.6 Å². The van der Waals surface area contributed by atoms with Crippen molar-refractivity contribution in [2.45, 2.75) is 45.3 Å². The third-order valence-electron chi connectivity index (χ3n) is 4.02. The number of ether oxygens (including phenoxy) is 1. The normalized spacial score (nSPS) is 10.9. The fourth-order valence-corrected chi connectivity index (χ4v) is 3.97. The molecule has 1 aromatic carbocycles. The maximum Gasteiger partial charge on any atom is 0.236 e. The molecule has 0 aliphatic carbocycles. The van der Waals surface area contributed by atoms with Crippen molar-refractivity contribution in [2.24, 2.45) is 0 Å². The van der Waals surface area contributed by atoms with Crippen molar-refractivity contribution in [3.8, 4) is 17.1 Å². The second kappa shape index (κ2) is 10.4. The number of carbonyl (C=O) groups is 1. The maximum atomic E-state index is 12.2. The number of hydrogen-bond donors (Lipinski definition) is 1. The Labute approximate surface area is 178 Å². The Morgan fingerprint density at radius 3 is 2.62 bits per heavy atom. The van der Waals surface area contributed by atoms with Gasteiger partial charge in [-0.05, 0) is 44.5 Å². The molecule has 3 aromatic rings. The van der Waals surface area contributed by atoms with Crippen molar-refractivity contribution in [1.29, 1.82) is 0 Å². The van der Waals surface area contributed by atoms with E-state index in [1.54, 1.807) is 0 Å². The van der Waals surface area contributed by atoms with Gasteiger partial charge in [-0.2, -0.15) is 0 Å². The SMILES string of the molecule is CCCCOc1ccc(-c2nnc(SCC(=O)Nc3nnc(C)s3)n2CC)cc1. The van der Waals surface area contributed by atoms with Crippen LogP contribution in [0.1, 0.15) is 31.7 Å². The van der Waals surface area contributed by atoms with Crippen LogP contribution in [0.2, 0.25) is 0 Å². The van der Waals surface area contributed by atoms with Crippen LogP contribution < -0.4 is 10.1 Å². The maximum absolute atomic E-state index is 12.2. The number of unbranched alkanes of at least 4 members (excludes halogenated alkanes) is 1. The fraction of sp³-hybridized carbons (Fsp3) is 0.421. The van der Waals surface area contributed by atoms with Crippen LogP contribution in [0.4, 0.5) is 5.13 Å². The summed E-state index contributed by atoms with van der Waals surface area (Å²) in [6, 6.07) is 7.86. The standard InChI is InChI=1S/C19H24N6O2S2/c1-4-6-11-27-15-9-7-14(8-10-15)17-22-24-19(25(17)5-2)28-12-16(26)20-18-23-21-13(3)29-18/h7-10H,4-6,11-12H2,1-3H3,(H,20,23,26). The molecule has 0 bridgehead atoms. The minimum absolute atomic E-state index is 0.146. The van der Waals surface area contributed by atoms with Gasteiger partial charge in [0.15, 0.2) is 11.0 Å². The number of carbonyl (C=O) groups excluding carboxylic acids is 1. The highest BCUT2D eigenvalue weighted by Gasteiger charge is 2.15. The van der Waals surface area contributed by atoms with E-state index < -0.39 is 0 Å². The molecule has 0 radical (unpaired) electrons. The summed E-state index contributed by atoms with van der Waals surface area (Å²) in [6.07, 6.45) is 2.15. The molecule has 0 fully saturated rings. The second-order valence-electron chi connectivity index (χ2n) is 6.24. The lowest BCUT2D eigenvalue weighted by molar-refractivity contribution is -0.113. The predicted octanol–water partition coefficient (Wildman–Crippen LogP) is 4.03. The monoisotopic (exact) mass is 432 g/mol. The molecule has 29 heavy (non-hydrogen) atoms. The molecule has 0 saturated carbocycles. The summed E-state index contributed by atoms with van der Waals surface area (Å²) in [4.78, 5) is 12.2. The fourth-order valence-electron chi connectivity index (χ4n) is 2.56. The lowest BCUT2D eigenvalue weighted by Gasteiger charge is -2.09. The predicted molar refractivity (Wildman–Crippen MR) is 116 cm³/mol. The molecule has 8 nitrogen and oxygen atoms in total. The summed E-state index contributed by atoms with van der Waals surface area (Å²) in [5.74, 6) is 1.70. The average molecular weight is 433 g/mol. The summed E-state index contributed by atoms with van der Waals surface area (Å²) >= 11 is 2.69. The number of anilines is 1. The molecular weight excluding hydrogens is 408 g/mol. The summed E-state index contributed by atoms with van der Waals surface area (Å²) in [6.45, 7) is 7.44. The molecule has 154 valence electrons. The van der Waals surface area contributed by atoms with Crippen molar-refractivity contribution in [3.63, 3.8) is 0 Å². The van der Waals surface area contributed by atoms with Crippen LogP contribution in [-0.2, 0) is 11.3 Å². The Bertz CT molecular complexity index is 939. The second-order valence-corrected chi connectivity index (χ2v) is 8.36. The van der Waals surface area contributed by atoms with E-state index in [1.165, 1.54) is 23.1 Å². The molecule has 3 rings (SSSR count). The Morgan fingerprint density at radius 2 is 1.97 bits per heavy atom. The van der Waals surface area contributed by atoms with Crippen LogP contribution in [0.3, 0.4) is 0 Å². The first-order valence-electron chi connectivity index (χ1n) is 9.49. The zero-order valence-electron chi connectivity index (χ0n) is 16.7. The van der Waals surface area contributed by atoms with Gasteiger partial charge in [-0.1, -0.05) is 36.4 Å². The van der Waals surface area contributed by atoms with E-state index >= 15 is 0 Å². The van der Waals surface area contributed by atoms with Gasteiger partial charge in [-0.15, -0.1) is 20.4 Å². The van der Waals surface area contributed by atoms with E-state index in [9.17, 15) is 4.79 Å². The minimum Gasteiger partial charge on any atom is -0.494 e. The number of hydrogen-bond acceptors (Lipinski definition) is 8. The summed E-state index contributed by atoms with van der Waals surface area (Å²) in [5, 5.41) is 21.2. The third-order valence-corrected chi connectivity index (χ3v) is 5.74. The van der Waals surface area contributed by atoms with Crippen LogP contribution in [0.25, 0.3) is 11.4 Å². The van der Waals surface area contributed by atoms with Crippen LogP contribution in [0.5, 0.6) is 5.75 Å². The van der Waals surface area contributed by atoms with Gasteiger partial charge in [-0.25, -0.2) is 0 Å². The van der Waals surface area contributed by atoms with Crippen molar-refractivity contribution in [3.05, 3.63) is 29.3 Å². The smallest absolute Gasteiger partial charge is 0.236 e. The van der Waals surface area contributed by atoms with Crippen molar-refractivity contribution in [2.75, 3.05) is 17.7 Å². The number of aromatic nitrogens is 5. The number of amides is 1. The van der Waals surface area contributed by atoms with E-state index in [1.807, 2.05) is 42.7 Å². The molecule has 10 heteroatoms. The first kappa shape index (κ1) is 21.3. The van der Waals surface area contributed by atoms with Gasteiger partial charge >= 0.3 is 0 Å². The van der Waals surface area contributed by atoms with Gasteiger partial charge in [0.05, 0.1) is 12.4 Å². The highest BCUT2D eigenvalue weighted by atomic mass is 32.2. The molecule has 2 heterocycles. The van der Waals surface area contributed by atoms with Crippen LogP contribution in [0.15, 0.2) is 29.4 Å². The number of rotatable bonds is 10. The molecule has 0 aliphatic heterocycles. The molecule has 0 saturated heterocycles. The Kier molecular flexibility index (Phi) is 7.59. The average Bonchev–Trinajstić information content (AvgIpc) is 3.32. The van der Waals surface area contributed by atoms with Gasteiger partial charge in [-0.3, -0.25) is 10.1 Å². The molecule has 0 spiro atoms. The number of nitrogens with one attached hydrogen (secondary N) is 1. The molecule has 1 amide bonds. The number of nitrogens with zero attached hydrogens (tertiary/aromatic N) is 5. The first-order chi connectivity index (χ1) is 14.1. The molecule has 0 unspecified atom stereocenters. The van der Waals surface area contributed by atoms with Crippen molar-refractivity contribution < 1.29 is 9.53 Å². The van der Waals surface area contributed by atoms with Crippen molar-refractivity contribution >= 4 is 34.1 Å². The summed E-state index contributed by atoms with van der Waals surface area (Å²) in [5.41, 5.74) is 0.961. The van der Waals surface area contributed by atoms with Crippen molar-refractivity contribution in [1.82, 2.24) is 25.0 Å². The molecule has 0 atom stereocenters. The van der Waals surface area contributed by atoms with E-state index in [0.717, 1.165) is 41.6 Å². The lowest BCUT2D eigenvalue weighted by atomic mass is 10.2. The summed E-state index contributed by atoms with van der Waals surface area (Å²) in [7, 11) is 0. The topological polar surface area (TPSA) is 94.8 Å². The van der Waals surface area contributed by atoms with Crippen LogP contribution in [-0.4, -0.2) is 43.2 Å². The Hall–Kier alpha value is -2.46. The summed E-state index contributed by atoms with van der Waals surface area (Å²) < 4.78 is 7.71. The first-order valence-corrected chi connectivity index (χ1v) is 11.3. The highest BCUT2D eigenvalue weighted by molar-refractivity contribution is 7.99. The quantitative estimate of drug-likeness (QED) is 0.382. The number of benzene rings is 1. The molecule has 1 N–H and O–H groups in total. The number of aryl methyl sites for hydroxylation is 1. The van der Waals surface area contributed by atoms with Gasteiger partial charge in [0.25, 0.3) is 0 Å². The largest absolute Gasteiger partial charge is 0.494 e. The Morgan fingerprint density at radius 1 is 1.17 bits per heavy atom. The van der Waals surface area contributed by atoms with Gasteiger partial charge in [0, 0.05) is 12.1 Å². The van der Waals surface area contributed by atoms with Gasteiger partial charge in [0.1, 0.15) is 10.8 Å². The van der Waals surface area contributed by atoms with E-state index in [0.29, 0.717) is 16.8 Å². The zero-order valence-corrected chi connectivity index (χ0v) is 18.3. The van der Waals surface area contributed by atoms with Gasteiger partial charge < -0.3 is 9.30 Å². The molecule has 0 aliphatic rings. The third kappa shape index (κ3) is 5.77. The highest BCUT2D eigenvalue weighted by Crippen LogP contribution is 2.26. The van der Waals surface area contributed by atoms with E-state index in [4.69, 9.17) is 4.74 Å². The van der Waals surface area contributed by atoms with Crippen LogP contribution >= 0.6 is 23.1 Å². The van der Waals surface area contributed by atoms with Crippen LogP contribution in [0, 0.1) is 6.92 Å². The van der Waals surface area contributed by atoms with Gasteiger partial charge in [0.2, 0.25) is 11.0 Å². The lowest BCUT2D eigenvalue weighted by Crippen LogP contribution is -2.14. The molecule has 2 aromatic heterocycles. The Balaban J connectivity index is 1.62. The zero-order chi connectivity index (χ0) is 20.6. The number of thioether (sulfide) groups is 1. The van der Waals surface area contributed by atoms with E-state index in [-0.39, 0.29) is 11.7 Å². The molecular formula is C19H24N6O2S2.